The number of ether oxygens (including phenoxy) is 1. The summed E-state index contributed by atoms with van der Waals surface area (Å²) >= 11 is 0. The summed E-state index contributed by atoms with van der Waals surface area (Å²) in [4.78, 5) is 0. The molecule has 2 nitrogen and oxygen atoms in total. The molecule has 1 aliphatic carbocycles. The molecule has 0 saturated heterocycles. The van der Waals surface area contributed by atoms with Crippen molar-refractivity contribution < 1.29 is 4.74 Å². The van der Waals surface area contributed by atoms with Crippen LogP contribution in [0.2, 0.25) is 0 Å². The topological polar surface area (TPSA) is 21.3 Å². The van der Waals surface area contributed by atoms with Gasteiger partial charge >= 0.3 is 0 Å². The molecule has 0 spiro atoms. The van der Waals surface area contributed by atoms with Crippen LogP contribution in [0.4, 0.5) is 0 Å². The highest BCUT2D eigenvalue weighted by molar-refractivity contribution is 5.40. The first-order valence-corrected chi connectivity index (χ1v) is 7.24. The molecule has 1 saturated carbocycles. The molecule has 0 amide bonds. The van der Waals surface area contributed by atoms with E-state index in [-0.39, 0.29) is 0 Å². The molecule has 2 heteroatoms. The molecule has 0 radical (unpaired) electrons. The van der Waals surface area contributed by atoms with Gasteiger partial charge in [0.2, 0.25) is 0 Å². The molecule has 1 aromatic carbocycles. The zero-order valence-electron chi connectivity index (χ0n) is 11.4. The third-order valence-electron chi connectivity index (χ3n) is 4.13. The van der Waals surface area contributed by atoms with Gasteiger partial charge in [0.05, 0.1) is 6.61 Å². The largest absolute Gasteiger partial charge is 0.493 e. The van der Waals surface area contributed by atoms with Crippen LogP contribution in [-0.2, 0) is 6.42 Å². The summed E-state index contributed by atoms with van der Waals surface area (Å²) in [5.41, 5.74) is 2.76. The van der Waals surface area contributed by atoms with E-state index < -0.39 is 0 Å². The van der Waals surface area contributed by atoms with E-state index >= 15 is 0 Å². The average Bonchev–Trinajstić information content (AvgIpc) is 3.03. The van der Waals surface area contributed by atoms with Crippen LogP contribution in [0, 0.1) is 5.92 Å². The van der Waals surface area contributed by atoms with Gasteiger partial charge in [-0.3, -0.25) is 0 Å². The zero-order valence-corrected chi connectivity index (χ0v) is 11.4. The maximum atomic E-state index is 5.55. The lowest BCUT2D eigenvalue weighted by atomic mass is 10.0. The molecular weight excluding hydrogens is 222 g/mol. The van der Waals surface area contributed by atoms with Crippen molar-refractivity contribution >= 4 is 0 Å². The summed E-state index contributed by atoms with van der Waals surface area (Å²) in [5.74, 6) is 2.07. The summed E-state index contributed by atoms with van der Waals surface area (Å²) in [6.45, 7) is 5.42. The summed E-state index contributed by atoms with van der Waals surface area (Å²) in [6.07, 6.45) is 5.28. The summed E-state index contributed by atoms with van der Waals surface area (Å²) in [6, 6.07) is 7.69. The smallest absolute Gasteiger partial charge is 0.122 e. The fourth-order valence-electron chi connectivity index (χ4n) is 2.92. The Kier molecular flexibility index (Phi) is 3.29. The molecule has 1 heterocycles. The molecule has 1 N–H and O–H groups in total. The molecule has 2 unspecified atom stereocenters. The summed E-state index contributed by atoms with van der Waals surface area (Å²) < 4.78 is 5.55. The monoisotopic (exact) mass is 245 g/mol. The van der Waals surface area contributed by atoms with Crippen LogP contribution in [0.25, 0.3) is 0 Å². The Hall–Kier alpha value is -1.02. The summed E-state index contributed by atoms with van der Waals surface area (Å²) in [5, 5.41) is 3.72. The van der Waals surface area contributed by atoms with Gasteiger partial charge in [0.25, 0.3) is 0 Å². The van der Waals surface area contributed by atoms with Crippen molar-refractivity contribution in [3.63, 3.8) is 0 Å². The van der Waals surface area contributed by atoms with Gasteiger partial charge in [0.15, 0.2) is 0 Å². The van der Waals surface area contributed by atoms with E-state index in [0.717, 1.165) is 24.7 Å². The third kappa shape index (κ3) is 2.69. The number of hydrogen-bond acceptors (Lipinski definition) is 2. The number of fused-ring (bicyclic) bond motifs is 1. The van der Waals surface area contributed by atoms with Crippen LogP contribution in [0.1, 0.15) is 50.3 Å². The number of rotatable bonds is 5. The van der Waals surface area contributed by atoms with Crippen LogP contribution >= 0.6 is 0 Å². The SMILES string of the molecule is CC(CC1CC1)NC(C)c1ccc2c(c1)CCO2. The van der Waals surface area contributed by atoms with Crippen molar-refractivity contribution in [2.75, 3.05) is 6.61 Å². The van der Waals surface area contributed by atoms with Crippen LogP contribution in [0.3, 0.4) is 0 Å². The lowest BCUT2D eigenvalue weighted by Crippen LogP contribution is -2.29. The minimum absolute atomic E-state index is 0.435. The van der Waals surface area contributed by atoms with Crippen molar-refractivity contribution in [2.45, 2.75) is 51.6 Å². The predicted octanol–water partition coefficient (Wildman–Crippen LogP) is 3.46. The van der Waals surface area contributed by atoms with E-state index in [2.05, 4.69) is 37.4 Å². The van der Waals surface area contributed by atoms with Crippen LogP contribution in [0.15, 0.2) is 18.2 Å². The molecule has 3 rings (SSSR count). The van der Waals surface area contributed by atoms with Crippen LogP contribution in [0.5, 0.6) is 5.75 Å². The molecule has 0 aromatic heterocycles. The molecule has 1 fully saturated rings. The Labute approximate surface area is 110 Å². The Morgan fingerprint density at radius 1 is 1.33 bits per heavy atom. The molecule has 98 valence electrons. The van der Waals surface area contributed by atoms with Crippen LogP contribution in [-0.4, -0.2) is 12.6 Å². The van der Waals surface area contributed by atoms with Gasteiger partial charge in [0, 0.05) is 18.5 Å². The lowest BCUT2D eigenvalue weighted by Gasteiger charge is -2.20. The minimum atomic E-state index is 0.435. The van der Waals surface area contributed by atoms with Crippen LogP contribution < -0.4 is 10.1 Å². The molecule has 1 aromatic rings. The number of nitrogens with one attached hydrogen (secondary N) is 1. The van der Waals surface area contributed by atoms with Gasteiger partial charge in [-0.25, -0.2) is 0 Å². The van der Waals surface area contributed by atoms with E-state index in [1.807, 2.05) is 0 Å². The molecule has 18 heavy (non-hydrogen) atoms. The van der Waals surface area contributed by atoms with Gasteiger partial charge in [-0.2, -0.15) is 0 Å². The van der Waals surface area contributed by atoms with Crippen molar-refractivity contribution in [3.8, 4) is 5.75 Å². The number of benzene rings is 1. The van der Waals surface area contributed by atoms with Gasteiger partial charge in [-0.15, -0.1) is 0 Å². The highest BCUT2D eigenvalue weighted by Crippen LogP contribution is 2.34. The highest BCUT2D eigenvalue weighted by atomic mass is 16.5. The number of hydrogen-bond donors (Lipinski definition) is 1. The van der Waals surface area contributed by atoms with Gasteiger partial charge < -0.3 is 10.1 Å². The van der Waals surface area contributed by atoms with Crippen molar-refractivity contribution in [1.82, 2.24) is 5.32 Å². The zero-order chi connectivity index (χ0) is 12.5. The fourth-order valence-corrected chi connectivity index (χ4v) is 2.92. The first-order chi connectivity index (χ1) is 8.72. The van der Waals surface area contributed by atoms with Gasteiger partial charge in [-0.05, 0) is 43.4 Å². The van der Waals surface area contributed by atoms with E-state index in [1.54, 1.807) is 0 Å². The Morgan fingerprint density at radius 3 is 2.94 bits per heavy atom. The lowest BCUT2D eigenvalue weighted by molar-refractivity contribution is 0.356. The molecule has 0 bridgehead atoms. The fraction of sp³-hybridized carbons (Fsp3) is 0.625. The first-order valence-electron chi connectivity index (χ1n) is 7.24. The van der Waals surface area contributed by atoms with E-state index in [0.29, 0.717) is 12.1 Å². The molecule has 2 atom stereocenters. The van der Waals surface area contributed by atoms with E-state index in [9.17, 15) is 0 Å². The Morgan fingerprint density at radius 2 is 2.17 bits per heavy atom. The standard InChI is InChI=1S/C16H23NO/c1-11(9-13-3-4-13)17-12(2)14-5-6-16-15(10-14)7-8-18-16/h5-6,10-13,17H,3-4,7-9H2,1-2H3. The molecular formula is C16H23NO. The second kappa shape index (κ2) is 4.93. The van der Waals surface area contributed by atoms with E-state index in [1.165, 1.54) is 30.4 Å². The first kappa shape index (κ1) is 12.0. The Balaban J connectivity index is 1.62. The molecule has 2 aliphatic rings. The highest BCUT2D eigenvalue weighted by Gasteiger charge is 2.24. The average molecular weight is 245 g/mol. The van der Waals surface area contributed by atoms with Crippen molar-refractivity contribution in [3.05, 3.63) is 29.3 Å². The third-order valence-corrected chi connectivity index (χ3v) is 4.13. The predicted molar refractivity (Wildman–Crippen MR) is 74.0 cm³/mol. The van der Waals surface area contributed by atoms with Gasteiger partial charge in [0.1, 0.15) is 5.75 Å². The normalized spacial score (nSPS) is 21.2. The van der Waals surface area contributed by atoms with Crippen molar-refractivity contribution in [1.29, 1.82) is 0 Å². The molecule has 1 aliphatic heterocycles. The quantitative estimate of drug-likeness (QED) is 0.857. The Bertz CT molecular complexity index is 425. The van der Waals surface area contributed by atoms with E-state index in [4.69, 9.17) is 4.74 Å². The maximum absolute atomic E-state index is 5.55. The second-order valence-corrected chi connectivity index (χ2v) is 5.93. The van der Waals surface area contributed by atoms with Gasteiger partial charge in [-0.1, -0.05) is 25.0 Å². The maximum Gasteiger partial charge on any atom is 0.122 e. The minimum Gasteiger partial charge on any atom is -0.493 e. The second-order valence-electron chi connectivity index (χ2n) is 5.93. The summed E-state index contributed by atoms with van der Waals surface area (Å²) in [7, 11) is 0. The van der Waals surface area contributed by atoms with Crippen molar-refractivity contribution in [2.24, 2.45) is 5.92 Å².